The predicted octanol–water partition coefficient (Wildman–Crippen LogP) is 2.61. The van der Waals surface area contributed by atoms with Crippen LogP contribution in [-0.4, -0.2) is 27.9 Å². The quantitative estimate of drug-likeness (QED) is 0.873. The van der Waals surface area contributed by atoms with Crippen molar-refractivity contribution in [3.63, 3.8) is 0 Å². The average molecular weight is 346 g/mol. The first kappa shape index (κ1) is 17.6. The van der Waals surface area contributed by atoms with Gasteiger partial charge in [0.2, 0.25) is 0 Å². The van der Waals surface area contributed by atoms with E-state index >= 15 is 0 Å². The number of aliphatic carboxylic acids is 1. The summed E-state index contributed by atoms with van der Waals surface area (Å²) in [5, 5.41) is 13.0. The Kier molecular flexibility index (Phi) is 4.90. The van der Waals surface area contributed by atoms with Crippen LogP contribution in [0.25, 0.3) is 10.9 Å². The van der Waals surface area contributed by atoms with Gasteiger partial charge in [-0.2, -0.15) is 0 Å². The Hall–Kier alpha value is -2.21. The van der Waals surface area contributed by atoms with E-state index in [1.165, 1.54) is 0 Å². The Balaban J connectivity index is 1.65. The van der Waals surface area contributed by atoms with Crippen molar-refractivity contribution in [1.82, 2.24) is 9.88 Å². The van der Waals surface area contributed by atoms with Crippen molar-refractivity contribution in [3.8, 4) is 0 Å². The van der Waals surface area contributed by atoms with Gasteiger partial charge in [0, 0.05) is 25.7 Å². The smallest absolute Gasteiger partial charge is 0.306 e. The maximum absolute atomic E-state index is 14.8. The largest absolute Gasteiger partial charge is 0.481 e. The number of aromatic nitrogens is 1. The number of aryl methyl sites for hydroxylation is 1. The molecule has 1 aromatic heterocycles. The fourth-order valence-electron chi connectivity index (χ4n) is 3.60. The molecule has 0 unspecified atom stereocenters. The third kappa shape index (κ3) is 3.74. The molecule has 1 aliphatic carbocycles. The van der Waals surface area contributed by atoms with Gasteiger partial charge in [0.25, 0.3) is 5.56 Å². The van der Waals surface area contributed by atoms with Gasteiger partial charge in [-0.05, 0) is 43.2 Å². The summed E-state index contributed by atoms with van der Waals surface area (Å²) in [6.45, 7) is 0.431. The predicted molar refractivity (Wildman–Crippen MR) is 94.3 cm³/mol. The maximum atomic E-state index is 14.8. The third-order valence-corrected chi connectivity index (χ3v) is 5.20. The number of carboxylic acids is 1. The second kappa shape index (κ2) is 6.96. The number of fused-ring (bicyclic) bond motifs is 1. The molecule has 0 bridgehead atoms. The molecule has 1 saturated carbocycles. The zero-order chi connectivity index (χ0) is 18.0. The molecule has 25 heavy (non-hydrogen) atoms. The normalized spacial score (nSPS) is 23.7. The van der Waals surface area contributed by atoms with Crippen molar-refractivity contribution in [1.29, 1.82) is 0 Å². The lowest BCUT2D eigenvalue weighted by atomic mass is 9.80. The minimum absolute atomic E-state index is 0.0892. The van der Waals surface area contributed by atoms with E-state index in [-0.39, 0.29) is 24.9 Å². The lowest BCUT2D eigenvalue weighted by molar-refractivity contribution is -0.143. The highest BCUT2D eigenvalue weighted by Crippen LogP contribution is 2.34. The number of para-hydroxylation sites is 1. The lowest BCUT2D eigenvalue weighted by Crippen LogP contribution is -2.41. The second-order valence-electron chi connectivity index (χ2n) is 6.96. The highest BCUT2D eigenvalue weighted by molar-refractivity contribution is 5.79. The van der Waals surface area contributed by atoms with E-state index in [0.717, 1.165) is 10.9 Å². The van der Waals surface area contributed by atoms with Crippen LogP contribution in [0.15, 0.2) is 35.1 Å². The third-order valence-electron chi connectivity index (χ3n) is 5.20. The first-order valence-corrected chi connectivity index (χ1v) is 8.60. The number of benzene rings is 1. The Morgan fingerprint density at radius 3 is 2.72 bits per heavy atom. The molecule has 0 amide bonds. The summed E-state index contributed by atoms with van der Waals surface area (Å²) < 4.78 is 16.4. The molecule has 0 aliphatic heterocycles. The molecular weight excluding hydrogens is 323 g/mol. The van der Waals surface area contributed by atoms with Crippen LogP contribution in [0.3, 0.4) is 0 Å². The molecule has 0 atom stereocenters. The molecule has 5 nitrogen and oxygen atoms in total. The van der Waals surface area contributed by atoms with Crippen molar-refractivity contribution >= 4 is 16.9 Å². The molecule has 6 heteroatoms. The molecule has 1 aromatic carbocycles. The van der Waals surface area contributed by atoms with E-state index in [4.69, 9.17) is 5.11 Å². The highest BCUT2D eigenvalue weighted by atomic mass is 19.1. The lowest BCUT2D eigenvalue weighted by Gasteiger charge is -2.32. The molecule has 1 fully saturated rings. The number of nitrogens with one attached hydrogen (secondary N) is 1. The van der Waals surface area contributed by atoms with Crippen LogP contribution in [0.2, 0.25) is 0 Å². The van der Waals surface area contributed by atoms with Gasteiger partial charge >= 0.3 is 5.97 Å². The molecule has 2 N–H and O–H groups in total. The van der Waals surface area contributed by atoms with E-state index in [2.05, 4.69) is 5.32 Å². The number of halogens is 1. The molecular formula is C19H23FN2O3. The molecule has 0 radical (unpaired) electrons. The van der Waals surface area contributed by atoms with Gasteiger partial charge < -0.3 is 15.0 Å². The SMILES string of the molecule is Cn1c(=O)c(CNCC2(F)CCC(C(=O)O)CC2)cc2ccccc21. The fourth-order valence-corrected chi connectivity index (χ4v) is 3.60. The number of hydrogen-bond donors (Lipinski definition) is 2. The number of carbonyl (C=O) groups is 1. The van der Waals surface area contributed by atoms with Gasteiger partial charge in [0.1, 0.15) is 5.67 Å². The zero-order valence-electron chi connectivity index (χ0n) is 14.3. The van der Waals surface area contributed by atoms with Crippen molar-refractivity contribution in [2.75, 3.05) is 6.54 Å². The van der Waals surface area contributed by atoms with Crippen molar-refractivity contribution in [3.05, 3.63) is 46.2 Å². The Morgan fingerprint density at radius 2 is 2.04 bits per heavy atom. The summed E-state index contributed by atoms with van der Waals surface area (Å²) >= 11 is 0. The molecule has 3 rings (SSSR count). The van der Waals surface area contributed by atoms with Crippen LogP contribution in [-0.2, 0) is 18.4 Å². The standard InChI is InChI=1S/C19H23FN2O3/c1-22-16-5-3-2-4-14(16)10-15(17(22)23)11-21-12-19(20)8-6-13(7-9-19)18(24)25/h2-5,10,13,21H,6-9,11-12H2,1H3,(H,24,25). The van der Waals surface area contributed by atoms with E-state index < -0.39 is 17.6 Å². The van der Waals surface area contributed by atoms with E-state index in [0.29, 0.717) is 24.9 Å². The topological polar surface area (TPSA) is 71.3 Å². The summed E-state index contributed by atoms with van der Waals surface area (Å²) in [6, 6.07) is 9.49. The summed E-state index contributed by atoms with van der Waals surface area (Å²) in [6.07, 6.45) is 1.22. The van der Waals surface area contributed by atoms with Crippen molar-refractivity contribution in [2.45, 2.75) is 37.9 Å². The van der Waals surface area contributed by atoms with Gasteiger partial charge in [-0.3, -0.25) is 9.59 Å². The van der Waals surface area contributed by atoms with Gasteiger partial charge in [0.05, 0.1) is 11.4 Å². The molecule has 0 spiro atoms. The number of pyridine rings is 1. The summed E-state index contributed by atoms with van der Waals surface area (Å²) in [4.78, 5) is 23.4. The van der Waals surface area contributed by atoms with E-state index in [1.807, 2.05) is 30.3 Å². The van der Waals surface area contributed by atoms with E-state index in [9.17, 15) is 14.0 Å². The number of rotatable bonds is 5. The second-order valence-corrected chi connectivity index (χ2v) is 6.96. The summed E-state index contributed by atoms with van der Waals surface area (Å²) in [7, 11) is 1.73. The first-order valence-electron chi connectivity index (χ1n) is 8.60. The number of nitrogens with zero attached hydrogens (tertiary/aromatic N) is 1. The number of alkyl halides is 1. The molecule has 1 aliphatic rings. The van der Waals surface area contributed by atoms with Gasteiger partial charge in [-0.25, -0.2) is 4.39 Å². The first-order chi connectivity index (χ1) is 11.9. The molecule has 2 aromatic rings. The number of carboxylic acid groups (broad SMARTS) is 1. The molecule has 1 heterocycles. The minimum atomic E-state index is -1.39. The van der Waals surface area contributed by atoms with Crippen molar-refractivity contribution < 1.29 is 14.3 Å². The van der Waals surface area contributed by atoms with Crippen LogP contribution < -0.4 is 10.9 Å². The minimum Gasteiger partial charge on any atom is -0.481 e. The van der Waals surface area contributed by atoms with Gasteiger partial charge in [-0.1, -0.05) is 18.2 Å². The maximum Gasteiger partial charge on any atom is 0.306 e. The monoisotopic (exact) mass is 346 g/mol. The van der Waals surface area contributed by atoms with Crippen LogP contribution in [0.4, 0.5) is 4.39 Å². The Labute approximate surface area is 145 Å². The molecule has 134 valence electrons. The van der Waals surface area contributed by atoms with Crippen LogP contribution in [0.1, 0.15) is 31.2 Å². The van der Waals surface area contributed by atoms with Crippen LogP contribution in [0.5, 0.6) is 0 Å². The summed E-state index contributed by atoms with van der Waals surface area (Å²) in [5.74, 6) is -1.27. The van der Waals surface area contributed by atoms with Crippen LogP contribution >= 0.6 is 0 Å². The van der Waals surface area contributed by atoms with Crippen LogP contribution in [0, 0.1) is 5.92 Å². The Bertz CT molecular complexity index is 838. The summed E-state index contributed by atoms with van der Waals surface area (Å²) in [5.41, 5.74) is -0.0171. The number of hydrogen-bond acceptors (Lipinski definition) is 3. The zero-order valence-corrected chi connectivity index (χ0v) is 14.3. The van der Waals surface area contributed by atoms with Gasteiger partial charge in [0.15, 0.2) is 0 Å². The fraction of sp³-hybridized carbons (Fsp3) is 0.474. The van der Waals surface area contributed by atoms with E-state index in [1.54, 1.807) is 11.6 Å². The molecule has 0 saturated heterocycles. The highest BCUT2D eigenvalue weighted by Gasteiger charge is 2.37. The van der Waals surface area contributed by atoms with Crippen molar-refractivity contribution in [2.24, 2.45) is 13.0 Å². The van der Waals surface area contributed by atoms with Gasteiger partial charge in [-0.15, -0.1) is 0 Å². The average Bonchev–Trinajstić information content (AvgIpc) is 2.59. The Morgan fingerprint density at radius 1 is 1.36 bits per heavy atom.